The molecule has 0 radical (unpaired) electrons. The maximum absolute atomic E-state index is 5.36. The highest BCUT2D eigenvalue weighted by molar-refractivity contribution is 7.12. The number of rotatable bonds is 2. The van der Waals surface area contributed by atoms with Crippen LogP contribution < -0.4 is 5.73 Å². The maximum atomic E-state index is 5.36. The molecule has 0 aromatic carbocycles. The van der Waals surface area contributed by atoms with Gasteiger partial charge in [-0.05, 0) is 38.5 Å². The van der Waals surface area contributed by atoms with Crippen LogP contribution in [-0.2, 0) is 6.54 Å². The lowest BCUT2D eigenvalue weighted by atomic mass is 10.2. The van der Waals surface area contributed by atoms with Gasteiger partial charge in [-0.25, -0.2) is 0 Å². The molecule has 0 amide bonds. The van der Waals surface area contributed by atoms with Gasteiger partial charge in [0.05, 0.1) is 23.7 Å². The third-order valence-corrected chi connectivity index (χ3v) is 4.01. The highest BCUT2D eigenvalue weighted by atomic mass is 32.1. The molecular weight excluding hydrogens is 242 g/mol. The third-order valence-electron chi connectivity index (χ3n) is 3.02. The molecule has 2 aromatic heterocycles. The number of thiophene rings is 1. The van der Waals surface area contributed by atoms with Crippen LogP contribution in [0, 0.1) is 32.6 Å². The van der Waals surface area contributed by atoms with Crippen molar-refractivity contribution in [1.29, 1.82) is 0 Å². The van der Waals surface area contributed by atoms with E-state index in [9.17, 15) is 0 Å². The van der Waals surface area contributed by atoms with E-state index in [0.717, 1.165) is 17.1 Å². The lowest BCUT2D eigenvalue weighted by molar-refractivity contribution is 0.665. The number of aryl methyl sites for hydroxylation is 1. The minimum Gasteiger partial charge on any atom is -0.320 e. The standard InChI is InChI=1S/C14H17N3S/c1-10-11(2)16-17(12(10)3)9-14-7-6-13(18-14)5-4-8-15/h6-7H,8-9,15H2,1-3H3. The molecule has 2 rings (SSSR count). The fourth-order valence-corrected chi connectivity index (χ4v) is 2.62. The lowest BCUT2D eigenvalue weighted by Crippen LogP contribution is -2.02. The first-order chi connectivity index (χ1) is 8.61. The average molecular weight is 259 g/mol. The summed E-state index contributed by atoms with van der Waals surface area (Å²) in [5.41, 5.74) is 8.97. The molecule has 0 spiro atoms. The smallest absolute Gasteiger partial charge is 0.0772 e. The zero-order chi connectivity index (χ0) is 13.1. The first-order valence-electron chi connectivity index (χ1n) is 5.90. The van der Waals surface area contributed by atoms with E-state index >= 15 is 0 Å². The van der Waals surface area contributed by atoms with Gasteiger partial charge in [-0.1, -0.05) is 11.8 Å². The van der Waals surface area contributed by atoms with Crippen molar-refractivity contribution in [3.63, 3.8) is 0 Å². The van der Waals surface area contributed by atoms with Crippen LogP contribution >= 0.6 is 11.3 Å². The summed E-state index contributed by atoms with van der Waals surface area (Å²) in [4.78, 5) is 2.33. The Hall–Kier alpha value is -1.57. The predicted octanol–water partition coefficient (Wildman–Crippen LogP) is 2.23. The second-order valence-electron chi connectivity index (χ2n) is 4.23. The van der Waals surface area contributed by atoms with Gasteiger partial charge in [0.25, 0.3) is 0 Å². The van der Waals surface area contributed by atoms with Crippen molar-refractivity contribution in [2.75, 3.05) is 6.54 Å². The van der Waals surface area contributed by atoms with Gasteiger partial charge in [0.2, 0.25) is 0 Å². The van der Waals surface area contributed by atoms with Crippen LogP contribution in [0.1, 0.15) is 26.7 Å². The summed E-state index contributed by atoms with van der Waals surface area (Å²) in [5.74, 6) is 5.93. The van der Waals surface area contributed by atoms with Crippen molar-refractivity contribution in [2.45, 2.75) is 27.3 Å². The summed E-state index contributed by atoms with van der Waals surface area (Å²) in [6.45, 7) is 7.49. The number of nitrogens with zero attached hydrogens (tertiary/aromatic N) is 2. The minimum absolute atomic E-state index is 0.407. The Morgan fingerprint density at radius 3 is 2.72 bits per heavy atom. The summed E-state index contributed by atoms with van der Waals surface area (Å²) in [6.07, 6.45) is 0. The summed E-state index contributed by atoms with van der Waals surface area (Å²) in [6, 6.07) is 4.15. The summed E-state index contributed by atoms with van der Waals surface area (Å²) < 4.78 is 2.05. The van der Waals surface area contributed by atoms with E-state index in [1.165, 1.54) is 16.1 Å². The Labute approximate surface area is 112 Å². The molecule has 0 aliphatic carbocycles. The maximum Gasteiger partial charge on any atom is 0.0772 e. The molecule has 2 aromatic rings. The third kappa shape index (κ3) is 2.63. The van der Waals surface area contributed by atoms with E-state index in [2.05, 4.69) is 41.5 Å². The van der Waals surface area contributed by atoms with Gasteiger partial charge in [0.1, 0.15) is 0 Å². The van der Waals surface area contributed by atoms with Crippen molar-refractivity contribution < 1.29 is 0 Å². The Kier molecular flexibility index (Phi) is 3.85. The molecule has 0 bridgehead atoms. The molecular formula is C14H17N3S. The van der Waals surface area contributed by atoms with E-state index in [1.807, 2.05) is 13.0 Å². The molecule has 0 saturated heterocycles. The highest BCUT2D eigenvalue weighted by Crippen LogP contribution is 2.19. The van der Waals surface area contributed by atoms with Gasteiger partial charge in [-0.15, -0.1) is 11.3 Å². The molecule has 2 N–H and O–H groups in total. The van der Waals surface area contributed by atoms with E-state index in [4.69, 9.17) is 5.73 Å². The van der Waals surface area contributed by atoms with Crippen LogP contribution in [-0.4, -0.2) is 16.3 Å². The van der Waals surface area contributed by atoms with Crippen molar-refractivity contribution in [3.05, 3.63) is 38.8 Å². The molecule has 0 aliphatic heterocycles. The molecule has 0 atom stereocenters. The summed E-state index contributed by atoms with van der Waals surface area (Å²) in [7, 11) is 0. The van der Waals surface area contributed by atoms with E-state index in [-0.39, 0.29) is 0 Å². The average Bonchev–Trinajstić information content (AvgIpc) is 2.89. The van der Waals surface area contributed by atoms with Crippen LogP contribution in [0.25, 0.3) is 0 Å². The first kappa shape index (κ1) is 12.9. The molecule has 94 valence electrons. The van der Waals surface area contributed by atoms with Gasteiger partial charge in [-0.2, -0.15) is 5.10 Å². The second-order valence-corrected chi connectivity index (χ2v) is 5.39. The van der Waals surface area contributed by atoms with Crippen molar-refractivity contribution >= 4 is 11.3 Å². The molecule has 2 heterocycles. The molecule has 0 fully saturated rings. The van der Waals surface area contributed by atoms with E-state index < -0.39 is 0 Å². The number of nitrogens with two attached hydrogens (primary N) is 1. The fraction of sp³-hybridized carbons (Fsp3) is 0.357. The normalized spacial score (nSPS) is 10.2. The molecule has 18 heavy (non-hydrogen) atoms. The summed E-state index contributed by atoms with van der Waals surface area (Å²) in [5, 5.41) is 4.54. The van der Waals surface area contributed by atoms with Gasteiger partial charge >= 0.3 is 0 Å². The van der Waals surface area contributed by atoms with Gasteiger partial charge in [0.15, 0.2) is 0 Å². The Morgan fingerprint density at radius 2 is 2.11 bits per heavy atom. The SMILES string of the molecule is Cc1nn(Cc2ccc(C#CCN)s2)c(C)c1C. The lowest BCUT2D eigenvalue weighted by Gasteiger charge is -2.01. The quantitative estimate of drug-likeness (QED) is 0.841. The van der Waals surface area contributed by atoms with E-state index in [0.29, 0.717) is 6.54 Å². The van der Waals surface area contributed by atoms with Crippen LogP contribution in [0.3, 0.4) is 0 Å². The summed E-state index contributed by atoms with van der Waals surface area (Å²) >= 11 is 1.70. The first-order valence-corrected chi connectivity index (χ1v) is 6.71. The largest absolute Gasteiger partial charge is 0.320 e. The Bertz CT molecular complexity index is 611. The highest BCUT2D eigenvalue weighted by Gasteiger charge is 2.08. The number of aromatic nitrogens is 2. The van der Waals surface area contributed by atoms with E-state index in [1.54, 1.807) is 11.3 Å². The number of hydrogen-bond acceptors (Lipinski definition) is 3. The van der Waals surface area contributed by atoms with Crippen molar-refractivity contribution in [3.8, 4) is 11.8 Å². The predicted molar refractivity (Wildman–Crippen MR) is 75.8 cm³/mol. The van der Waals surface area contributed by atoms with Crippen molar-refractivity contribution in [2.24, 2.45) is 5.73 Å². The second kappa shape index (κ2) is 5.38. The molecule has 0 aliphatic rings. The van der Waals surface area contributed by atoms with Crippen LogP contribution in [0.2, 0.25) is 0 Å². The van der Waals surface area contributed by atoms with Gasteiger partial charge in [-0.3, -0.25) is 4.68 Å². The van der Waals surface area contributed by atoms with Crippen molar-refractivity contribution in [1.82, 2.24) is 9.78 Å². The van der Waals surface area contributed by atoms with Gasteiger partial charge in [0, 0.05) is 10.6 Å². The van der Waals surface area contributed by atoms with Crippen LogP contribution in [0.5, 0.6) is 0 Å². The molecule has 3 nitrogen and oxygen atoms in total. The zero-order valence-corrected chi connectivity index (χ0v) is 11.8. The monoisotopic (exact) mass is 259 g/mol. The Morgan fingerprint density at radius 1 is 1.33 bits per heavy atom. The molecule has 0 saturated carbocycles. The minimum atomic E-state index is 0.407. The molecule has 0 unspecified atom stereocenters. The number of hydrogen-bond donors (Lipinski definition) is 1. The molecule has 4 heteroatoms. The Balaban J connectivity index is 2.18. The zero-order valence-electron chi connectivity index (χ0n) is 10.9. The van der Waals surface area contributed by atoms with Gasteiger partial charge < -0.3 is 5.73 Å². The topological polar surface area (TPSA) is 43.8 Å². The van der Waals surface area contributed by atoms with Crippen LogP contribution in [0.15, 0.2) is 12.1 Å². The van der Waals surface area contributed by atoms with Crippen LogP contribution in [0.4, 0.5) is 0 Å². The fourth-order valence-electron chi connectivity index (χ4n) is 1.76.